The van der Waals surface area contributed by atoms with Crippen molar-refractivity contribution < 1.29 is 24.2 Å². The molecule has 0 bridgehead atoms. The van der Waals surface area contributed by atoms with Crippen LogP contribution in [0.15, 0.2) is 24.3 Å². The number of nitrogens with zero attached hydrogens (tertiary/aromatic N) is 1. The lowest BCUT2D eigenvalue weighted by atomic mass is 9.97. The van der Waals surface area contributed by atoms with Crippen molar-refractivity contribution in [2.45, 2.75) is 33.2 Å². The SMILES string of the molecule is CC(C)(C)CNC(=O)c1ccc(C(=O)N2CCOCC2CC(=O)O)cc1. The molecule has 1 fully saturated rings. The summed E-state index contributed by atoms with van der Waals surface area (Å²) < 4.78 is 5.29. The largest absolute Gasteiger partial charge is 0.481 e. The lowest BCUT2D eigenvalue weighted by molar-refractivity contribution is -0.139. The van der Waals surface area contributed by atoms with E-state index in [4.69, 9.17) is 9.84 Å². The van der Waals surface area contributed by atoms with E-state index in [0.717, 1.165) is 0 Å². The Hall–Kier alpha value is -2.41. The number of morpholine rings is 1. The average molecular weight is 362 g/mol. The fraction of sp³-hybridized carbons (Fsp3) is 0.526. The van der Waals surface area contributed by atoms with Crippen molar-refractivity contribution in [2.24, 2.45) is 5.41 Å². The zero-order chi connectivity index (χ0) is 19.3. The van der Waals surface area contributed by atoms with Gasteiger partial charge in [0.2, 0.25) is 0 Å². The monoisotopic (exact) mass is 362 g/mol. The molecule has 1 aliphatic rings. The number of carboxylic acids is 1. The van der Waals surface area contributed by atoms with Crippen LogP contribution in [0.2, 0.25) is 0 Å². The molecule has 1 unspecified atom stereocenters. The normalized spacial score (nSPS) is 17.7. The van der Waals surface area contributed by atoms with E-state index >= 15 is 0 Å². The van der Waals surface area contributed by atoms with Crippen LogP contribution >= 0.6 is 0 Å². The molecule has 7 heteroatoms. The van der Waals surface area contributed by atoms with Gasteiger partial charge in [-0.2, -0.15) is 0 Å². The molecule has 1 aliphatic heterocycles. The summed E-state index contributed by atoms with van der Waals surface area (Å²) in [6, 6.07) is 5.93. The highest BCUT2D eigenvalue weighted by Crippen LogP contribution is 2.16. The quantitative estimate of drug-likeness (QED) is 0.832. The van der Waals surface area contributed by atoms with E-state index in [-0.39, 0.29) is 30.3 Å². The second kappa shape index (κ2) is 8.31. The number of carbonyl (C=O) groups excluding carboxylic acids is 2. The standard InChI is InChI=1S/C19H26N2O5/c1-19(2,3)12-20-17(24)13-4-6-14(7-5-13)18(25)21-8-9-26-11-15(21)10-16(22)23/h4-7,15H,8-12H2,1-3H3,(H,20,24)(H,22,23). The lowest BCUT2D eigenvalue weighted by Gasteiger charge is -2.34. The summed E-state index contributed by atoms with van der Waals surface area (Å²) in [6.07, 6.45) is -0.154. The molecule has 1 aromatic carbocycles. The number of hydrogen-bond acceptors (Lipinski definition) is 4. The van der Waals surface area contributed by atoms with Crippen LogP contribution in [-0.4, -0.2) is 60.1 Å². The van der Waals surface area contributed by atoms with Gasteiger partial charge in [0.15, 0.2) is 0 Å². The molecule has 26 heavy (non-hydrogen) atoms. The molecule has 0 saturated carbocycles. The third-order valence-corrected chi connectivity index (χ3v) is 4.07. The van der Waals surface area contributed by atoms with Gasteiger partial charge >= 0.3 is 5.97 Å². The van der Waals surface area contributed by atoms with E-state index in [0.29, 0.717) is 30.8 Å². The Kier molecular flexibility index (Phi) is 6.37. The number of carbonyl (C=O) groups is 3. The molecule has 2 amide bonds. The van der Waals surface area contributed by atoms with Crippen molar-refractivity contribution in [3.63, 3.8) is 0 Å². The fourth-order valence-electron chi connectivity index (χ4n) is 2.67. The van der Waals surface area contributed by atoms with Crippen LogP contribution in [0.5, 0.6) is 0 Å². The molecule has 1 aromatic rings. The summed E-state index contributed by atoms with van der Waals surface area (Å²) >= 11 is 0. The Bertz CT molecular complexity index is 664. The Morgan fingerprint density at radius 2 is 1.81 bits per heavy atom. The molecule has 0 aromatic heterocycles. The molecule has 1 heterocycles. The lowest BCUT2D eigenvalue weighted by Crippen LogP contribution is -2.49. The van der Waals surface area contributed by atoms with Crippen LogP contribution in [0.4, 0.5) is 0 Å². The predicted molar refractivity (Wildman–Crippen MR) is 96.1 cm³/mol. The fourth-order valence-corrected chi connectivity index (χ4v) is 2.67. The molecule has 1 atom stereocenters. The summed E-state index contributed by atoms with van der Waals surface area (Å²) in [7, 11) is 0. The molecule has 0 aliphatic carbocycles. The minimum atomic E-state index is -0.968. The zero-order valence-corrected chi connectivity index (χ0v) is 15.4. The first-order valence-electron chi connectivity index (χ1n) is 8.66. The van der Waals surface area contributed by atoms with Crippen LogP contribution in [0.3, 0.4) is 0 Å². The summed E-state index contributed by atoms with van der Waals surface area (Å²) in [6.45, 7) is 7.60. The van der Waals surface area contributed by atoms with E-state index in [1.54, 1.807) is 24.3 Å². The van der Waals surface area contributed by atoms with Crippen LogP contribution in [0.1, 0.15) is 47.9 Å². The number of aliphatic carboxylic acids is 1. The Morgan fingerprint density at radius 1 is 1.19 bits per heavy atom. The Balaban J connectivity index is 2.05. The molecular weight excluding hydrogens is 336 g/mol. The van der Waals surface area contributed by atoms with Crippen molar-refractivity contribution in [3.05, 3.63) is 35.4 Å². The minimum absolute atomic E-state index is 0.0128. The van der Waals surface area contributed by atoms with Crippen molar-refractivity contribution in [3.8, 4) is 0 Å². The summed E-state index contributed by atoms with van der Waals surface area (Å²) in [5.41, 5.74) is 0.894. The molecule has 0 spiro atoms. The zero-order valence-electron chi connectivity index (χ0n) is 15.4. The second-order valence-electron chi connectivity index (χ2n) is 7.65. The third-order valence-electron chi connectivity index (χ3n) is 4.07. The molecule has 1 saturated heterocycles. The van der Waals surface area contributed by atoms with Gasteiger partial charge in [0, 0.05) is 24.2 Å². The van der Waals surface area contributed by atoms with Gasteiger partial charge in [-0.05, 0) is 29.7 Å². The average Bonchev–Trinajstić information content (AvgIpc) is 2.58. The van der Waals surface area contributed by atoms with Crippen LogP contribution in [-0.2, 0) is 9.53 Å². The first kappa shape index (κ1) is 19.9. The Morgan fingerprint density at radius 3 is 2.38 bits per heavy atom. The van der Waals surface area contributed by atoms with Crippen LogP contribution < -0.4 is 5.32 Å². The molecular formula is C19H26N2O5. The molecule has 2 N–H and O–H groups in total. The topological polar surface area (TPSA) is 95.9 Å². The van der Waals surface area contributed by atoms with Crippen molar-refractivity contribution >= 4 is 17.8 Å². The third kappa shape index (κ3) is 5.56. The molecule has 2 rings (SSSR count). The van der Waals surface area contributed by atoms with E-state index in [1.165, 1.54) is 4.90 Å². The van der Waals surface area contributed by atoms with Gasteiger partial charge in [-0.1, -0.05) is 20.8 Å². The van der Waals surface area contributed by atoms with Gasteiger partial charge in [-0.3, -0.25) is 14.4 Å². The number of rotatable bonds is 5. The minimum Gasteiger partial charge on any atom is -0.481 e. The number of hydrogen-bond donors (Lipinski definition) is 2. The molecule has 7 nitrogen and oxygen atoms in total. The highest BCUT2D eigenvalue weighted by atomic mass is 16.5. The number of benzene rings is 1. The van der Waals surface area contributed by atoms with Crippen molar-refractivity contribution in [1.29, 1.82) is 0 Å². The van der Waals surface area contributed by atoms with Crippen molar-refractivity contribution in [2.75, 3.05) is 26.3 Å². The summed E-state index contributed by atoms with van der Waals surface area (Å²) in [5, 5.41) is 11.9. The van der Waals surface area contributed by atoms with Crippen LogP contribution in [0, 0.1) is 5.41 Å². The van der Waals surface area contributed by atoms with Gasteiger partial charge < -0.3 is 20.1 Å². The Labute approximate surface area is 153 Å². The maximum Gasteiger partial charge on any atom is 0.305 e. The van der Waals surface area contributed by atoms with Crippen LogP contribution in [0.25, 0.3) is 0 Å². The maximum absolute atomic E-state index is 12.7. The number of ether oxygens (including phenoxy) is 1. The second-order valence-corrected chi connectivity index (χ2v) is 7.65. The molecule has 0 radical (unpaired) electrons. The van der Waals surface area contributed by atoms with E-state index in [2.05, 4.69) is 5.32 Å². The van der Waals surface area contributed by atoms with Gasteiger partial charge in [0.05, 0.1) is 25.7 Å². The van der Waals surface area contributed by atoms with Gasteiger partial charge in [0.25, 0.3) is 11.8 Å². The first-order chi connectivity index (χ1) is 12.2. The maximum atomic E-state index is 12.7. The van der Waals surface area contributed by atoms with E-state index < -0.39 is 12.0 Å². The smallest absolute Gasteiger partial charge is 0.305 e. The highest BCUT2D eigenvalue weighted by Gasteiger charge is 2.29. The highest BCUT2D eigenvalue weighted by molar-refractivity contribution is 5.98. The number of nitrogens with one attached hydrogen (secondary N) is 1. The first-order valence-corrected chi connectivity index (χ1v) is 8.66. The predicted octanol–water partition coefficient (Wildman–Crippen LogP) is 1.78. The number of carboxylic acid groups (broad SMARTS) is 1. The van der Waals surface area contributed by atoms with Gasteiger partial charge in [-0.25, -0.2) is 0 Å². The van der Waals surface area contributed by atoms with Gasteiger partial charge in [-0.15, -0.1) is 0 Å². The van der Waals surface area contributed by atoms with Gasteiger partial charge in [0.1, 0.15) is 0 Å². The van der Waals surface area contributed by atoms with Crippen molar-refractivity contribution in [1.82, 2.24) is 10.2 Å². The molecule has 142 valence electrons. The van der Waals surface area contributed by atoms with E-state index in [1.807, 2.05) is 20.8 Å². The summed E-state index contributed by atoms with van der Waals surface area (Å²) in [4.78, 5) is 37.4. The number of amides is 2. The summed E-state index contributed by atoms with van der Waals surface area (Å²) in [5.74, 6) is -1.40. The van der Waals surface area contributed by atoms with E-state index in [9.17, 15) is 14.4 Å².